The summed E-state index contributed by atoms with van der Waals surface area (Å²) >= 11 is 1.90. The van der Waals surface area contributed by atoms with Crippen LogP contribution in [0.15, 0.2) is 194 Å². The first kappa shape index (κ1) is 32.8. The zero-order valence-corrected chi connectivity index (χ0v) is 33.1. The van der Waals surface area contributed by atoms with Crippen LogP contribution in [0.25, 0.3) is 107 Å². The van der Waals surface area contributed by atoms with E-state index < -0.39 is 0 Å². The number of hydrogen-bond acceptors (Lipinski definition) is 2. The molecule has 1 aromatic heterocycles. The van der Waals surface area contributed by atoms with E-state index in [1.54, 1.807) is 0 Å². The van der Waals surface area contributed by atoms with Gasteiger partial charge in [0.1, 0.15) is 0 Å². The average Bonchev–Trinajstić information content (AvgIpc) is 3.67. The highest BCUT2D eigenvalue weighted by molar-refractivity contribution is 7.26. The van der Waals surface area contributed by atoms with Gasteiger partial charge in [-0.25, -0.2) is 0 Å². The van der Waals surface area contributed by atoms with Crippen molar-refractivity contribution in [1.29, 1.82) is 0 Å². The fourth-order valence-corrected chi connectivity index (χ4v) is 11.2. The molecule has 0 unspecified atom stereocenters. The number of fused-ring (bicyclic) bond motifs is 11. The Labute approximate surface area is 344 Å². The number of aryl methyl sites for hydroxylation is 1. The molecular weight excluding hydrogens is 731 g/mol. The van der Waals surface area contributed by atoms with Crippen LogP contribution >= 0.6 is 11.3 Å². The van der Waals surface area contributed by atoms with Crippen molar-refractivity contribution >= 4 is 124 Å². The fraction of sp³-hybridized carbons (Fsp3) is 0.0175. The third-order valence-corrected chi connectivity index (χ3v) is 14.0. The van der Waals surface area contributed by atoms with Crippen LogP contribution in [0.5, 0.6) is 0 Å². The van der Waals surface area contributed by atoms with Crippen LogP contribution < -0.4 is 4.90 Å². The lowest BCUT2D eigenvalue weighted by Gasteiger charge is -2.28. The summed E-state index contributed by atoms with van der Waals surface area (Å²) in [6.07, 6.45) is 0. The van der Waals surface area contributed by atoms with Crippen LogP contribution in [0.1, 0.15) is 5.56 Å². The molecule has 274 valence electrons. The van der Waals surface area contributed by atoms with Crippen molar-refractivity contribution in [3.8, 4) is 11.1 Å². The van der Waals surface area contributed by atoms with Gasteiger partial charge in [-0.1, -0.05) is 151 Å². The number of anilines is 3. The van der Waals surface area contributed by atoms with Gasteiger partial charge >= 0.3 is 0 Å². The summed E-state index contributed by atoms with van der Waals surface area (Å²) in [6, 6.07) is 72.7. The Morgan fingerprint density at radius 2 is 0.915 bits per heavy atom. The zero-order valence-electron chi connectivity index (χ0n) is 32.3. The molecule has 0 bridgehead atoms. The summed E-state index contributed by atoms with van der Waals surface area (Å²) in [5, 5.41) is 20.8. The second-order valence-corrected chi connectivity index (χ2v) is 17.2. The molecule has 1 nitrogen and oxygen atoms in total. The minimum atomic E-state index is 1.14. The van der Waals surface area contributed by atoms with Gasteiger partial charge in [-0.15, -0.1) is 11.3 Å². The molecule has 0 radical (unpaired) electrons. The molecule has 59 heavy (non-hydrogen) atoms. The largest absolute Gasteiger partial charge is 0.310 e. The summed E-state index contributed by atoms with van der Waals surface area (Å²) < 4.78 is 2.65. The second-order valence-electron chi connectivity index (χ2n) is 16.1. The lowest BCUT2D eigenvalue weighted by molar-refractivity contribution is 1.29. The third kappa shape index (κ3) is 4.78. The van der Waals surface area contributed by atoms with E-state index in [0.717, 1.165) is 11.4 Å². The minimum Gasteiger partial charge on any atom is -0.310 e. The molecular formula is C57H35NS. The summed E-state index contributed by atoms with van der Waals surface area (Å²) in [5.74, 6) is 0. The summed E-state index contributed by atoms with van der Waals surface area (Å²) in [7, 11) is 0. The highest BCUT2D eigenvalue weighted by Gasteiger charge is 2.21. The van der Waals surface area contributed by atoms with Crippen molar-refractivity contribution < 1.29 is 0 Å². The molecule has 0 aliphatic heterocycles. The van der Waals surface area contributed by atoms with Gasteiger partial charge in [0.05, 0.1) is 5.69 Å². The van der Waals surface area contributed by atoms with Crippen LogP contribution in [-0.4, -0.2) is 0 Å². The monoisotopic (exact) mass is 765 g/mol. The van der Waals surface area contributed by atoms with Gasteiger partial charge in [0.25, 0.3) is 0 Å². The SMILES string of the molecule is Cc1ccc(N(c2ccc3ccccc3c2)c2ccc3ccc4c(-c5ccc6sc7ccc8c9ccccc9c9ccccc9c8c7c6c5)ccc5ccc2c3c54)cc1. The Morgan fingerprint density at radius 3 is 1.71 bits per heavy atom. The quantitative estimate of drug-likeness (QED) is 0.161. The molecule has 0 aliphatic carbocycles. The molecule has 0 amide bonds. The average molecular weight is 766 g/mol. The molecule has 0 aliphatic rings. The molecule has 0 saturated carbocycles. The maximum absolute atomic E-state index is 2.47. The van der Waals surface area contributed by atoms with E-state index in [2.05, 4.69) is 206 Å². The van der Waals surface area contributed by atoms with Crippen LogP contribution in [0.3, 0.4) is 0 Å². The summed E-state index contributed by atoms with van der Waals surface area (Å²) in [5.41, 5.74) is 7.22. The van der Waals surface area contributed by atoms with Gasteiger partial charge in [0.15, 0.2) is 0 Å². The number of nitrogens with zero attached hydrogens (tertiary/aromatic N) is 1. The minimum absolute atomic E-state index is 1.14. The molecule has 0 spiro atoms. The Balaban J connectivity index is 1.05. The van der Waals surface area contributed by atoms with Crippen molar-refractivity contribution in [3.63, 3.8) is 0 Å². The number of rotatable bonds is 4. The molecule has 13 aromatic rings. The zero-order chi connectivity index (χ0) is 38.8. The van der Waals surface area contributed by atoms with Crippen molar-refractivity contribution in [2.45, 2.75) is 6.92 Å². The molecule has 0 fully saturated rings. The van der Waals surface area contributed by atoms with E-state index in [0.29, 0.717) is 0 Å². The number of hydrogen-bond donors (Lipinski definition) is 0. The third-order valence-electron chi connectivity index (χ3n) is 12.8. The van der Waals surface area contributed by atoms with Gasteiger partial charge in [-0.2, -0.15) is 0 Å². The molecule has 0 N–H and O–H groups in total. The van der Waals surface area contributed by atoms with E-state index in [1.807, 2.05) is 11.3 Å². The molecule has 13 rings (SSSR count). The maximum Gasteiger partial charge on any atom is 0.0540 e. The Bertz CT molecular complexity index is 3820. The first-order valence-corrected chi connectivity index (χ1v) is 21.2. The van der Waals surface area contributed by atoms with Gasteiger partial charge < -0.3 is 4.90 Å². The summed E-state index contributed by atoms with van der Waals surface area (Å²) in [6.45, 7) is 2.16. The first-order chi connectivity index (χ1) is 29.2. The van der Waals surface area contributed by atoms with Gasteiger partial charge in [0, 0.05) is 36.9 Å². The van der Waals surface area contributed by atoms with Crippen molar-refractivity contribution in [1.82, 2.24) is 0 Å². The lowest BCUT2D eigenvalue weighted by atomic mass is 9.88. The molecule has 12 aromatic carbocycles. The highest BCUT2D eigenvalue weighted by atomic mass is 32.1. The number of benzene rings is 12. The van der Waals surface area contributed by atoms with Crippen molar-refractivity contribution in [2.75, 3.05) is 4.90 Å². The summed E-state index contributed by atoms with van der Waals surface area (Å²) in [4.78, 5) is 2.44. The molecule has 0 atom stereocenters. The van der Waals surface area contributed by atoms with Gasteiger partial charge in [-0.05, 0) is 137 Å². The molecule has 0 saturated heterocycles. The normalized spacial score (nSPS) is 12.2. The van der Waals surface area contributed by atoms with Crippen LogP contribution in [0.2, 0.25) is 0 Å². The van der Waals surface area contributed by atoms with Crippen LogP contribution in [-0.2, 0) is 0 Å². The second kappa shape index (κ2) is 12.4. The van der Waals surface area contributed by atoms with E-state index in [1.165, 1.54) is 118 Å². The molecule has 1 heterocycles. The van der Waals surface area contributed by atoms with Crippen LogP contribution in [0.4, 0.5) is 17.1 Å². The van der Waals surface area contributed by atoms with E-state index in [9.17, 15) is 0 Å². The van der Waals surface area contributed by atoms with Gasteiger partial charge in [-0.3, -0.25) is 0 Å². The topological polar surface area (TPSA) is 3.24 Å². The first-order valence-electron chi connectivity index (χ1n) is 20.4. The standard InChI is InChI=1S/C57H35NS/c1-34-14-22-40(23-15-34)58(41-24-16-35-8-2-3-9-38(35)32-41)51-29-20-37-18-26-47-42(25-17-36-19-27-49(51)55(37)54(36)47)39-21-30-52-50(33-39)57-53(59-52)31-28-48-45-12-5-4-10-43(45)44-11-6-7-13-46(44)56(48)57/h2-33H,1H3. The van der Waals surface area contributed by atoms with E-state index >= 15 is 0 Å². The van der Waals surface area contributed by atoms with Crippen molar-refractivity contribution in [2.24, 2.45) is 0 Å². The maximum atomic E-state index is 2.47. The van der Waals surface area contributed by atoms with E-state index in [4.69, 9.17) is 0 Å². The lowest BCUT2D eigenvalue weighted by Crippen LogP contribution is -2.10. The van der Waals surface area contributed by atoms with Crippen LogP contribution in [0, 0.1) is 6.92 Å². The Hall–Kier alpha value is -7.26. The smallest absolute Gasteiger partial charge is 0.0540 e. The van der Waals surface area contributed by atoms with Gasteiger partial charge in [0.2, 0.25) is 0 Å². The predicted molar refractivity (Wildman–Crippen MR) is 258 cm³/mol. The van der Waals surface area contributed by atoms with Crippen molar-refractivity contribution in [3.05, 3.63) is 200 Å². The molecule has 2 heteroatoms. The number of thiophene rings is 1. The highest BCUT2D eigenvalue weighted by Crippen LogP contribution is 2.48. The Morgan fingerprint density at radius 1 is 0.339 bits per heavy atom. The van der Waals surface area contributed by atoms with E-state index in [-0.39, 0.29) is 0 Å². The predicted octanol–water partition coefficient (Wildman–Crippen LogP) is 17.0. The Kier molecular flexibility index (Phi) is 6.87. The fourth-order valence-electron chi connectivity index (χ4n) is 10.1.